The Hall–Kier alpha value is -0.730. The summed E-state index contributed by atoms with van der Waals surface area (Å²) in [7, 11) is 0. The van der Waals surface area contributed by atoms with Gasteiger partial charge in [-0.25, -0.2) is 0 Å². The monoisotopic (exact) mass is 344 g/mol. The van der Waals surface area contributed by atoms with E-state index in [-0.39, 0.29) is 11.5 Å². The lowest BCUT2D eigenvalue weighted by atomic mass is 9.71. The average Bonchev–Trinajstić information content (AvgIpc) is 2.76. The summed E-state index contributed by atoms with van der Waals surface area (Å²) in [5.74, 6) is 1.04. The predicted molar refractivity (Wildman–Crippen MR) is 105 cm³/mol. The Labute approximate surface area is 151 Å². The van der Waals surface area contributed by atoms with Gasteiger partial charge in [0, 0.05) is 16.1 Å². The van der Waals surface area contributed by atoms with Gasteiger partial charge in [-0.3, -0.25) is 0 Å². The molecule has 1 heterocycles. The summed E-state index contributed by atoms with van der Waals surface area (Å²) in [6.07, 6.45) is 10.6. The predicted octanol–water partition coefficient (Wildman–Crippen LogP) is 6.46. The van der Waals surface area contributed by atoms with Crippen molar-refractivity contribution in [1.82, 2.24) is 0 Å². The lowest BCUT2D eigenvalue weighted by molar-refractivity contribution is 0.0745. The lowest BCUT2D eigenvalue weighted by Gasteiger charge is -2.38. The standard InChI is InChI=1S/C22H32OS/c1-3-5-15-22(4-2)16-24-19-14-10-9-13-18(19)20(21(22)23)17-11-7-6-8-12-17/h9-10,13-14,21,23H,3-8,11-12,15-16H2,1-2H3. The van der Waals surface area contributed by atoms with Crippen LogP contribution in [0, 0.1) is 5.41 Å². The number of hydrogen-bond donors (Lipinski definition) is 1. The van der Waals surface area contributed by atoms with E-state index in [4.69, 9.17) is 0 Å². The van der Waals surface area contributed by atoms with Gasteiger partial charge in [-0.15, -0.1) is 11.8 Å². The molecular weight excluding hydrogens is 312 g/mol. The van der Waals surface area contributed by atoms with Crippen LogP contribution in [0.2, 0.25) is 0 Å². The largest absolute Gasteiger partial charge is 0.388 e. The fourth-order valence-corrected chi connectivity index (χ4v) is 5.87. The van der Waals surface area contributed by atoms with Gasteiger partial charge in [0.2, 0.25) is 0 Å². The molecule has 24 heavy (non-hydrogen) atoms. The Morgan fingerprint density at radius 2 is 1.88 bits per heavy atom. The van der Waals surface area contributed by atoms with Gasteiger partial charge in [0.1, 0.15) is 0 Å². The fourth-order valence-electron chi connectivity index (χ4n) is 4.41. The number of thioether (sulfide) groups is 1. The van der Waals surface area contributed by atoms with Gasteiger partial charge in [-0.05, 0) is 55.7 Å². The van der Waals surface area contributed by atoms with Gasteiger partial charge >= 0.3 is 0 Å². The maximum Gasteiger partial charge on any atom is 0.0859 e. The smallest absolute Gasteiger partial charge is 0.0859 e. The third-order valence-electron chi connectivity index (χ3n) is 6.12. The van der Waals surface area contributed by atoms with Crippen molar-refractivity contribution in [3.05, 3.63) is 35.4 Å². The number of hydrogen-bond acceptors (Lipinski definition) is 2. The third-order valence-corrected chi connectivity index (χ3v) is 7.50. The van der Waals surface area contributed by atoms with Gasteiger partial charge in [-0.2, -0.15) is 0 Å². The molecule has 1 aliphatic heterocycles. The van der Waals surface area contributed by atoms with Crippen molar-refractivity contribution >= 4 is 17.3 Å². The zero-order valence-electron chi connectivity index (χ0n) is 15.3. The first-order valence-electron chi connectivity index (χ1n) is 9.84. The van der Waals surface area contributed by atoms with E-state index in [0.717, 1.165) is 18.6 Å². The Kier molecular flexibility index (Phi) is 6.10. The highest BCUT2D eigenvalue weighted by Crippen LogP contribution is 2.50. The minimum Gasteiger partial charge on any atom is -0.388 e. The molecule has 1 aromatic carbocycles. The topological polar surface area (TPSA) is 20.2 Å². The van der Waals surface area contributed by atoms with Crippen LogP contribution in [0.5, 0.6) is 0 Å². The van der Waals surface area contributed by atoms with Crippen molar-refractivity contribution in [2.24, 2.45) is 5.41 Å². The van der Waals surface area contributed by atoms with Crippen LogP contribution in [0.4, 0.5) is 0 Å². The first-order chi connectivity index (χ1) is 11.7. The minimum absolute atomic E-state index is 0.0273. The van der Waals surface area contributed by atoms with Crippen molar-refractivity contribution in [3.63, 3.8) is 0 Å². The highest BCUT2D eigenvalue weighted by molar-refractivity contribution is 7.99. The highest BCUT2D eigenvalue weighted by Gasteiger charge is 2.41. The Balaban J connectivity index is 2.09. The van der Waals surface area contributed by atoms with Gasteiger partial charge in [0.15, 0.2) is 0 Å². The molecule has 0 radical (unpaired) electrons. The van der Waals surface area contributed by atoms with E-state index in [9.17, 15) is 5.11 Å². The molecule has 2 atom stereocenters. The van der Waals surface area contributed by atoms with Crippen LogP contribution in [0.15, 0.2) is 34.7 Å². The number of aliphatic hydroxyl groups excluding tert-OH is 1. The molecule has 0 aromatic heterocycles. The molecule has 0 amide bonds. The van der Waals surface area contributed by atoms with E-state index >= 15 is 0 Å². The molecule has 0 saturated heterocycles. The second-order valence-electron chi connectivity index (χ2n) is 7.58. The Bertz CT molecular complexity index is 583. The second kappa shape index (κ2) is 8.10. The van der Waals surface area contributed by atoms with Crippen molar-refractivity contribution in [2.45, 2.75) is 82.6 Å². The van der Waals surface area contributed by atoms with Gasteiger partial charge < -0.3 is 5.11 Å². The minimum atomic E-state index is -0.307. The quantitative estimate of drug-likeness (QED) is 0.676. The summed E-state index contributed by atoms with van der Waals surface area (Å²) in [5, 5.41) is 11.6. The van der Waals surface area contributed by atoms with Crippen LogP contribution in [0.3, 0.4) is 0 Å². The maximum absolute atomic E-state index is 11.6. The molecule has 1 N–H and O–H groups in total. The molecule has 0 spiro atoms. The lowest BCUT2D eigenvalue weighted by Crippen LogP contribution is -2.37. The average molecular weight is 345 g/mol. The highest BCUT2D eigenvalue weighted by atomic mass is 32.2. The van der Waals surface area contributed by atoms with Gasteiger partial charge in [0.25, 0.3) is 0 Å². The number of benzene rings is 1. The van der Waals surface area contributed by atoms with E-state index < -0.39 is 0 Å². The molecule has 132 valence electrons. The molecule has 1 saturated carbocycles. The number of fused-ring (bicyclic) bond motifs is 1. The Morgan fingerprint density at radius 3 is 2.58 bits per heavy atom. The van der Waals surface area contributed by atoms with Gasteiger partial charge in [-0.1, -0.05) is 56.9 Å². The van der Waals surface area contributed by atoms with Crippen molar-refractivity contribution < 1.29 is 5.11 Å². The summed E-state index contributed by atoms with van der Waals surface area (Å²) < 4.78 is 0. The molecule has 3 rings (SSSR count). The number of rotatable bonds is 4. The Morgan fingerprint density at radius 1 is 1.12 bits per heavy atom. The van der Waals surface area contributed by atoms with Crippen LogP contribution in [0.1, 0.15) is 77.2 Å². The number of aliphatic hydroxyl groups is 1. The van der Waals surface area contributed by atoms with E-state index in [1.807, 2.05) is 11.8 Å². The molecular formula is C22H32OS. The van der Waals surface area contributed by atoms with Crippen molar-refractivity contribution in [1.29, 1.82) is 0 Å². The van der Waals surface area contributed by atoms with E-state index in [2.05, 4.69) is 38.1 Å². The van der Waals surface area contributed by atoms with Crippen LogP contribution < -0.4 is 0 Å². The van der Waals surface area contributed by atoms with Crippen molar-refractivity contribution in [3.8, 4) is 0 Å². The van der Waals surface area contributed by atoms with Crippen LogP contribution in [-0.2, 0) is 0 Å². The molecule has 2 heteroatoms. The van der Waals surface area contributed by atoms with E-state index in [1.54, 1.807) is 0 Å². The first kappa shape index (κ1) is 18.1. The zero-order chi connectivity index (χ0) is 17.0. The fraction of sp³-hybridized carbons (Fsp3) is 0.636. The van der Waals surface area contributed by atoms with Crippen LogP contribution >= 0.6 is 11.8 Å². The molecule has 2 aliphatic rings. The first-order valence-corrected chi connectivity index (χ1v) is 10.8. The number of allylic oxidation sites excluding steroid dienone is 1. The summed E-state index contributed by atoms with van der Waals surface area (Å²) in [4.78, 5) is 1.37. The van der Waals surface area contributed by atoms with E-state index in [1.165, 1.54) is 66.6 Å². The summed E-state index contributed by atoms with van der Waals surface area (Å²) in [6.45, 7) is 4.54. The summed E-state index contributed by atoms with van der Waals surface area (Å²) in [5.41, 5.74) is 4.18. The molecule has 2 unspecified atom stereocenters. The molecule has 1 fully saturated rings. The molecule has 1 nitrogen and oxygen atoms in total. The summed E-state index contributed by atoms with van der Waals surface area (Å²) >= 11 is 1.97. The van der Waals surface area contributed by atoms with Crippen LogP contribution in [-0.4, -0.2) is 17.0 Å². The van der Waals surface area contributed by atoms with Gasteiger partial charge in [0.05, 0.1) is 6.10 Å². The molecule has 1 aromatic rings. The van der Waals surface area contributed by atoms with E-state index in [0.29, 0.717) is 0 Å². The van der Waals surface area contributed by atoms with Crippen LogP contribution in [0.25, 0.3) is 5.57 Å². The molecule has 0 bridgehead atoms. The zero-order valence-corrected chi connectivity index (χ0v) is 16.1. The molecule has 1 aliphatic carbocycles. The normalized spacial score (nSPS) is 27.7. The van der Waals surface area contributed by atoms with Crippen molar-refractivity contribution in [2.75, 3.05) is 5.75 Å². The third kappa shape index (κ3) is 3.46. The maximum atomic E-state index is 11.6. The SMILES string of the molecule is CCCCC1(CC)CSc2ccccc2C(=C2CCCCC2)C1O. The summed E-state index contributed by atoms with van der Waals surface area (Å²) in [6, 6.07) is 8.78. The second-order valence-corrected chi connectivity index (χ2v) is 8.60. The number of unbranched alkanes of at least 4 members (excludes halogenated alkanes) is 1.